The lowest BCUT2D eigenvalue weighted by Gasteiger charge is -2.00. The van der Waals surface area contributed by atoms with Crippen LogP contribution in [0.2, 0.25) is 0 Å². The molecule has 1 aromatic heterocycles. The molecule has 0 saturated heterocycles. The number of benzene rings is 1. The van der Waals surface area contributed by atoms with Gasteiger partial charge in [-0.15, -0.1) is 0 Å². The SMILES string of the molecule is Fc1cc(Br)c(-c2ncco2)cc1F. The van der Waals surface area contributed by atoms with Crippen molar-refractivity contribution in [3.63, 3.8) is 0 Å². The molecule has 14 heavy (non-hydrogen) atoms. The highest BCUT2D eigenvalue weighted by atomic mass is 79.9. The normalized spacial score (nSPS) is 10.5. The molecule has 2 nitrogen and oxygen atoms in total. The van der Waals surface area contributed by atoms with E-state index in [2.05, 4.69) is 20.9 Å². The van der Waals surface area contributed by atoms with E-state index in [-0.39, 0.29) is 5.89 Å². The maximum absolute atomic E-state index is 12.9. The summed E-state index contributed by atoms with van der Waals surface area (Å²) in [5.74, 6) is -1.59. The summed E-state index contributed by atoms with van der Waals surface area (Å²) in [6.45, 7) is 0. The molecule has 0 saturated carbocycles. The Bertz CT molecular complexity index is 456. The van der Waals surface area contributed by atoms with Crippen LogP contribution in [0.3, 0.4) is 0 Å². The van der Waals surface area contributed by atoms with E-state index in [9.17, 15) is 8.78 Å². The molecule has 2 rings (SSSR count). The Morgan fingerprint density at radius 1 is 1.21 bits per heavy atom. The summed E-state index contributed by atoms with van der Waals surface area (Å²) in [5, 5.41) is 0. The van der Waals surface area contributed by atoms with Gasteiger partial charge in [0.1, 0.15) is 6.26 Å². The lowest BCUT2D eigenvalue weighted by Crippen LogP contribution is -1.87. The number of rotatable bonds is 1. The molecule has 2 aromatic rings. The first-order chi connectivity index (χ1) is 6.68. The molecule has 0 aliphatic carbocycles. The van der Waals surface area contributed by atoms with Crippen molar-refractivity contribution in [3.05, 3.63) is 40.7 Å². The first-order valence-corrected chi connectivity index (χ1v) is 4.52. The second kappa shape index (κ2) is 3.49. The van der Waals surface area contributed by atoms with Gasteiger partial charge in [0, 0.05) is 4.47 Å². The Labute approximate surface area is 86.7 Å². The summed E-state index contributed by atoms with van der Waals surface area (Å²) >= 11 is 3.10. The molecule has 1 heterocycles. The smallest absolute Gasteiger partial charge is 0.227 e. The van der Waals surface area contributed by atoms with E-state index in [1.165, 1.54) is 12.5 Å². The molecule has 0 radical (unpaired) electrons. The molecule has 0 amide bonds. The average Bonchev–Trinajstić information content (AvgIpc) is 2.64. The van der Waals surface area contributed by atoms with Gasteiger partial charge < -0.3 is 4.42 Å². The summed E-state index contributed by atoms with van der Waals surface area (Å²) < 4.78 is 31.0. The Hall–Kier alpha value is -1.23. The number of oxazole rings is 1. The molecule has 0 atom stereocenters. The fourth-order valence-corrected chi connectivity index (χ4v) is 1.53. The van der Waals surface area contributed by atoms with Crippen LogP contribution in [0.1, 0.15) is 0 Å². The van der Waals surface area contributed by atoms with E-state index < -0.39 is 11.6 Å². The second-order valence-corrected chi connectivity index (χ2v) is 3.44. The number of halogens is 3. The first-order valence-electron chi connectivity index (χ1n) is 3.73. The van der Waals surface area contributed by atoms with E-state index in [1.54, 1.807) is 0 Å². The van der Waals surface area contributed by atoms with Crippen LogP contribution in [0.15, 0.2) is 33.5 Å². The average molecular weight is 260 g/mol. The summed E-state index contributed by atoms with van der Waals surface area (Å²) in [7, 11) is 0. The van der Waals surface area contributed by atoms with Gasteiger partial charge in [0.15, 0.2) is 11.6 Å². The lowest BCUT2D eigenvalue weighted by molar-refractivity contribution is 0.507. The van der Waals surface area contributed by atoms with Crippen LogP contribution in [0.5, 0.6) is 0 Å². The van der Waals surface area contributed by atoms with E-state index >= 15 is 0 Å². The standard InChI is InChI=1S/C9H4BrF2NO/c10-6-4-8(12)7(11)3-5(6)9-13-1-2-14-9/h1-4H. The predicted molar refractivity (Wildman–Crippen MR) is 49.6 cm³/mol. The van der Waals surface area contributed by atoms with Crippen molar-refractivity contribution < 1.29 is 13.2 Å². The highest BCUT2D eigenvalue weighted by Crippen LogP contribution is 2.28. The Kier molecular flexibility index (Phi) is 2.33. The Morgan fingerprint density at radius 3 is 2.57 bits per heavy atom. The molecular weight excluding hydrogens is 256 g/mol. The summed E-state index contributed by atoms with van der Waals surface area (Å²) in [4.78, 5) is 3.83. The van der Waals surface area contributed by atoms with Gasteiger partial charge in [-0.05, 0) is 28.1 Å². The van der Waals surface area contributed by atoms with Gasteiger partial charge in [-0.2, -0.15) is 0 Å². The molecule has 0 fully saturated rings. The maximum atomic E-state index is 12.9. The molecule has 72 valence electrons. The zero-order chi connectivity index (χ0) is 10.1. The van der Waals surface area contributed by atoms with Gasteiger partial charge in [-0.3, -0.25) is 0 Å². The van der Waals surface area contributed by atoms with Crippen LogP contribution in [-0.4, -0.2) is 4.98 Å². The van der Waals surface area contributed by atoms with Crippen LogP contribution in [-0.2, 0) is 0 Å². The van der Waals surface area contributed by atoms with Gasteiger partial charge in [-0.1, -0.05) is 0 Å². The van der Waals surface area contributed by atoms with Crippen molar-refractivity contribution in [1.29, 1.82) is 0 Å². The quantitative estimate of drug-likeness (QED) is 0.734. The summed E-state index contributed by atoms with van der Waals surface area (Å²) in [6, 6.07) is 2.07. The third-order valence-corrected chi connectivity index (χ3v) is 2.33. The highest BCUT2D eigenvalue weighted by molar-refractivity contribution is 9.10. The molecule has 0 unspecified atom stereocenters. The second-order valence-electron chi connectivity index (χ2n) is 2.58. The van der Waals surface area contributed by atoms with Crippen molar-refractivity contribution in [1.82, 2.24) is 4.98 Å². The van der Waals surface area contributed by atoms with Crippen molar-refractivity contribution in [3.8, 4) is 11.5 Å². The molecule has 0 aliphatic heterocycles. The predicted octanol–water partition coefficient (Wildman–Crippen LogP) is 3.38. The zero-order valence-corrected chi connectivity index (χ0v) is 8.38. The van der Waals surface area contributed by atoms with Gasteiger partial charge >= 0.3 is 0 Å². The van der Waals surface area contributed by atoms with Crippen LogP contribution in [0.25, 0.3) is 11.5 Å². The molecule has 0 aliphatic rings. The van der Waals surface area contributed by atoms with E-state index in [0.29, 0.717) is 10.0 Å². The van der Waals surface area contributed by atoms with Gasteiger partial charge in [0.25, 0.3) is 0 Å². The largest absolute Gasteiger partial charge is 0.444 e. The van der Waals surface area contributed by atoms with Crippen LogP contribution in [0, 0.1) is 11.6 Å². The number of hydrogen-bond acceptors (Lipinski definition) is 2. The van der Waals surface area contributed by atoms with Gasteiger partial charge in [0.05, 0.1) is 11.8 Å². The summed E-state index contributed by atoms with van der Waals surface area (Å²) in [5.41, 5.74) is 0.383. The molecule has 5 heteroatoms. The molecular formula is C9H4BrF2NO. The first kappa shape index (κ1) is 9.33. The highest BCUT2D eigenvalue weighted by Gasteiger charge is 2.12. The molecule has 1 aromatic carbocycles. The zero-order valence-electron chi connectivity index (χ0n) is 6.80. The fraction of sp³-hybridized carbons (Fsp3) is 0. The van der Waals surface area contributed by atoms with Crippen LogP contribution >= 0.6 is 15.9 Å². The van der Waals surface area contributed by atoms with Crippen LogP contribution < -0.4 is 0 Å². The third kappa shape index (κ3) is 1.55. The number of aromatic nitrogens is 1. The van der Waals surface area contributed by atoms with Crippen molar-refractivity contribution in [2.75, 3.05) is 0 Å². The van der Waals surface area contributed by atoms with E-state index in [0.717, 1.165) is 12.1 Å². The van der Waals surface area contributed by atoms with Gasteiger partial charge in [-0.25, -0.2) is 13.8 Å². The topological polar surface area (TPSA) is 26.0 Å². The number of hydrogen-bond donors (Lipinski definition) is 0. The fourth-order valence-electron chi connectivity index (χ4n) is 1.04. The summed E-state index contributed by atoms with van der Waals surface area (Å²) in [6.07, 6.45) is 2.80. The van der Waals surface area contributed by atoms with Crippen LogP contribution in [0.4, 0.5) is 8.78 Å². The Morgan fingerprint density at radius 2 is 1.93 bits per heavy atom. The molecule has 0 N–H and O–H groups in total. The minimum Gasteiger partial charge on any atom is -0.444 e. The maximum Gasteiger partial charge on any atom is 0.227 e. The van der Waals surface area contributed by atoms with Crippen molar-refractivity contribution in [2.45, 2.75) is 0 Å². The monoisotopic (exact) mass is 259 g/mol. The van der Waals surface area contributed by atoms with E-state index in [4.69, 9.17) is 4.42 Å². The minimum absolute atomic E-state index is 0.246. The van der Waals surface area contributed by atoms with E-state index in [1.807, 2.05) is 0 Å². The minimum atomic E-state index is -0.929. The van der Waals surface area contributed by atoms with Crippen molar-refractivity contribution >= 4 is 15.9 Å². The molecule has 0 spiro atoms. The number of nitrogens with zero attached hydrogens (tertiary/aromatic N) is 1. The molecule has 0 bridgehead atoms. The Balaban J connectivity index is 2.60. The van der Waals surface area contributed by atoms with Crippen molar-refractivity contribution in [2.24, 2.45) is 0 Å². The van der Waals surface area contributed by atoms with Gasteiger partial charge in [0.2, 0.25) is 5.89 Å². The third-order valence-electron chi connectivity index (χ3n) is 1.67. The lowest BCUT2D eigenvalue weighted by atomic mass is 10.2.